The number of aliphatic carboxylic acids is 1. The molecule has 1 aromatic carbocycles. The highest BCUT2D eigenvalue weighted by atomic mass is 32.1. The van der Waals surface area contributed by atoms with Crippen LogP contribution in [0.1, 0.15) is 24.0 Å². The van der Waals surface area contributed by atoms with Gasteiger partial charge in [-0.3, -0.25) is 14.9 Å². The maximum Gasteiger partial charge on any atom is 0.320 e. The van der Waals surface area contributed by atoms with Crippen molar-refractivity contribution in [1.29, 1.82) is 0 Å². The number of hydrogen-bond donors (Lipinski definition) is 3. The lowest BCUT2D eigenvalue weighted by Crippen LogP contribution is -2.41. The predicted octanol–water partition coefficient (Wildman–Crippen LogP) is 2.57. The van der Waals surface area contributed by atoms with Crippen molar-refractivity contribution in [1.82, 2.24) is 10.3 Å². The van der Waals surface area contributed by atoms with Crippen LogP contribution in [0.2, 0.25) is 0 Å². The molecule has 0 spiro atoms. The highest BCUT2D eigenvalue weighted by Gasteiger charge is 2.33. The Kier molecular flexibility index (Phi) is 4.64. The smallest absolute Gasteiger partial charge is 0.320 e. The summed E-state index contributed by atoms with van der Waals surface area (Å²) in [6.45, 7) is 4.10. The number of anilines is 1. The Balaban J connectivity index is 1.68. The second-order valence-electron chi connectivity index (χ2n) is 6.02. The van der Waals surface area contributed by atoms with Crippen molar-refractivity contribution in [2.24, 2.45) is 0 Å². The van der Waals surface area contributed by atoms with E-state index in [0.717, 1.165) is 10.4 Å². The zero-order valence-electron chi connectivity index (χ0n) is 13.5. The fourth-order valence-corrected chi connectivity index (χ4v) is 3.79. The van der Waals surface area contributed by atoms with Gasteiger partial charge in [-0.05, 0) is 37.8 Å². The molecule has 1 aliphatic heterocycles. The van der Waals surface area contributed by atoms with Crippen molar-refractivity contribution >= 4 is 28.3 Å². The lowest BCUT2D eigenvalue weighted by atomic mass is 10.1. The van der Waals surface area contributed by atoms with Crippen LogP contribution in [0.4, 0.5) is 5.13 Å². The molecule has 0 radical (unpaired) electrons. The normalized spacial score (nSPS) is 20.1. The first-order valence-electron chi connectivity index (χ1n) is 7.77. The SMILES string of the molecule is Cc1ccc(-c2cnc(NC(=O)[C@@H]3CC[C@H](C(=O)O)N3)s2)c(C)c1. The molecule has 0 unspecified atom stereocenters. The number of benzene rings is 1. The molecule has 2 atom stereocenters. The van der Waals surface area contributed by atoms with Gasteiger partial charge in [0.05, 0.1) is 10.9 Å². The molecule has 1 amide bonds. The van der Waals surface area contributed by atoms with Crippen molar-refractivity contribution in [3.8, 4) is 10.4 Å². The molecular weight excluding hydrogens is 326 g/mol. The third-order valence-electron chi connectivity index (χ3n) is 4.14. The molecule has 126 valence electrons. The van der Waals surface area contributed by atoms with Crippen LogP contribution in [0.3, 0.4) is 0 Å². The number of carbonyl (C=O) groups is 2. The van der Waals surface area contributed by atoms with Crippen molar-refractivity contribution in [2.45, 2.75) is 38.8 Å². The third-order valence-corrected chi connectivity index (χ3v) is 5.09. The maximum atomic E-state index is 12.2. The summed E-state index contributed by atoms with van der Waals surface area (Å²) in [5.41, 5.74) is 3.47. The molecule has 1 saturated heterocycles. The van der Waals surface area contributed by atoms with E-state index in [4.69, 9.17) is 5.11 Å². The van der Waals surface area contributed by atoms with Gasteiger partial charge in [0.25, 0.3) is 0 Å². The number of rotatable bonds is 4. The van der Waals surface area contributed by atoms with Gasteiger partial charge in [-0.2, -0.15) is 0 Å². The lowest BCUT2D eigenvalue weighted by molar-refractivity contribution is -0.139. The molecule has 7 heteroatoms. The first kappa shape index (κ1) is 16.6. The van der Waals surface area contributed by atoms with E-state index in [0.29, 0.717) is 18.0 Å². The van der Waals surface area contributed by atoms with Crippen LogP contribution in [-0.2, 0) is 9.59 Å². The van der Waals surface area contributed by atoms with E-state index >= 15 is 0 Å². The van der Waals surface area contributed by atoms with E-state index in [-0.39, 0.29) is 5.91 Å². The molecule has 1 fully saturated rings. The summed E-state index contributed by atoms with van der Waals surface area (Å²) in [5, 5.41) is 15.1. The molecule has 1 aromatic heterocycles. The van der Waals surface area contributed by atoms with Crippen molar-refractivity contribution in [2.75, 3.05) is 5.32 Å². The zero-order chi connectivity index (χ0) is 17.3. The Labute approximate surface area is 143 Å². The summed E-state index contributed by atoms with van der Waals surface area (Å²) in [7, 11) is 0. The van der Waals surface area contributed by atoms with Crippen LogP contribution in [0.25, 0.3) is 10.4 Å². The number of aryl methyl sites for hydroxylation is 2. The monoisotopic (exact) mass is 345 g/mol. The van der Waals surface area contributed by atoms with Crippen molar-refractivity contribution in [3.05, 3.63) is 35.5 Å². The molecule has 1 aliphatic rings. The number of carboxylic acids is 1. The minimum atomic E-state index is -0.920. The molecule has 24 heavy (non-hydrogen) atoms. The summed E-state index contributed by atoms with van der Waals surface area (Å²) < 4.78 is 0. The Morgan fingerprint density at radius 3 is 2.71 bits per heavy atom. The molecule has 0 bridgehead atoms. The average Bonchev–Trinajstić information content (AvgIpc) is 3.16. The summed E-state index contributed by atoms with van der Waals surface area (Å²) in [6.07, 6.45) is 2.72. The van der Waals surface area contributed by atoms with Gasteiger partial charge >= 0.3 is 5.97 Å². The van der Waals surface area contributed by atoms with Crippen LogP contribution in [0, 0.1) is 13.8 Å². The lowest BCUT2D eigenvalue weighted by Gasteiger charge is -2.10. The number of thiazole rings is 1. The van der Waals surface area contributed by atoms with E-state index in [1.165, 1.54) is 22.5 Å². The minimum Gasteiger partial charge on any atom is -0.480 e. The van der Waals surface area contributed by atoms with Gasteiger partial charge in [-0.1, -0.05) is 35.1 Å². The van der Waals surface area contributed by atoms with Crippen LogP contribution in [0.5, 0.6) is 0 Å². The second-order valence-corrected chi connectivity index (χ2v) is 7.06. The van der Waals surface area contributed by atoms with Crippen LogP contribution < -0.4 is 10.6 Å². The minimum absolute atomic E-state index is 0.236. The number of hydrogen-bond acceptors (Lipinski definition) is 5. The quantitative estimate of drug-likeness (QED) is 0.792. The van der Waals surface area contributed by atoms with Crippen LogP contribution >= 0.6 is 11.3 Å². The van der Waals surface area contributed by atoms with E-state index in [9.17, 15) is 9.59 Å². The molecule has 0 saturated carbocycles. The highest BCUT2D eigenvalue weighted by Crippen LogP contribution is 2.31. The van der Waals surface area contributed by atoms with Crippen molar-refractivity contribution in [3.63, 3.8) is 0 Å². The number of aromatic nitrogens is 1. The largest absolute Gasteiger partial charge is 0.480 e. The summed E-state index contributed by atoms with van der Waals surface area (Å²) in [6, 6.07) is 5.08. The van der Waals surface area contributed by atoms with Gasteiger partial charge in [0, 0.05) is 6.20 Å². The predicted molar refractivity (Wildman–Crippen MR) is 93.2 cm³/mol. The van der Waals surface area contributed by atoms with Gasteiger partial charge in [-0.15, -0.1) is 0 Å². The fraction of sp³-hybridized carbons (Fsp3) is 0.353. The standard InChI is InChI=1S/C17H19N3O3S/c1-9-3-4-11(10(2)7-9)14-8-18-17(24-14)20-15(21)12-5-6-13(19-12)16(22)23/h3-4,7-8,12-13,19H,5-6H2,1-2H3,(H,22,23)(H,18,20,21)/t12-,13+/m0/s1. The Hall–Kier alpha value is -2.25. The van der Waals surface area contributed by atoms with Gasteiger partial charge in [-0.25, -0.2) is 4.98 Å². The first-order chi connectivity index (χ1) is 11.4. The molecule has 0 aliphatic carbocycles. The van der Waals surface area contributed by atoms with E-state index in [1.54, 1.807) is 6.20 Å². The summed E-state index contributed by atoms with van der Waals surface area (Å²) in [5.74, 6) is -1.16. The Morgan fingerprint density at radius 1 is 1.29 bits per heavy atom. The molecule has 2 heterocycles. The fourth-order valence-electron chi connectivity index (χ4n) is 2.88. The molecular formula is C17H19N3O3S. The molecule has 3 N–H and O–H groups in total. The second kappa shape index (κ2) is 6.70. The average molecular weight is 345 g/mol. The van der Waals surface area contributed by atoms with Crippen LogP contribution in [-0.4, -0.2) is 34.1 Å². The van der Waals surface area contributed by atoms with Gasteiger partial charge in [0.15, 0.2) is 5.13 Å². The zero-order valence-corrected chi connectivity index (χ0v) is 14.3. The topological polar surface area (TPSA) is 91.3 Å². The maximum absolute atomic E-state index is 12.2. The number of amides is 1. The van der Waals surface area contributed by atoms with Crippen LogP contribution in [0.15, 0.2) is 24.4 Å². The van der Waals surface area contributed by atoms with Crippen molar-refractivity contribution < 1.29 is 14.7 Å². The highest BCUT2D eigenvalue weighted by molar-refractivity contribution is 7.19. The Morgan fingerprint density at radius 2 is 2.04 bits per heavy atom. The third kappa shape index (κ3) is 3.47. The van der Waals surface area contributed by atoms with E-state index < -0.39 is 18.1 Å². The number of nitrogens with one attached hydrogen (secondary N) is 2. The number of nitrogens with zero attached hydrogens (tertiary/aromatic N) is 1. The Bertz CT molecular complexity index is 787. The van der Waals surface area contributed by atoms with Gasteiger partial charge in [0.2, 0.25) is 5.91 Å². The number of carbonyl (C=O) groups excluding carboxylic acids is 1. The summed E-state index contributed by atoms with van der Waals surface area (Å²) >= 11 is 1.41. The summed E-state index contributed by atoms with van der Waals surface area (Å²) in [4.78, 5) is 28.4. The first-order valence-corrected chi connectivity index (χ1v) is 8.59. The molecule has 2 aromatic rings. The van der Waals surface area contributed by atoms with E-state index in [2.05, 4.69) is 40.7 Å². The number of carboxylic acid groups (broad SMARTS) is 1. The van der Waals surface area contributed by atoms with Gasteiger partial charge < -0.3 is 10.4 Å². The molecule has 3 rings (SSSR count). The van der Waals surface area contributed by atoms with Gasteiger partial charge in [0.1, 0.15) is 6.04 Å². The molecule has 6 nitrogen and oxygen atoms in total. The van der Waals surface area contributed by atoms with E-state index in [1.807, 2.05) is 6.92 Å².